The quantitative estimate of drug-likeness (QED) is 0.391. The molecule has 7 rings (SSSR count). The van der Waals surface area contributed by atoms with Crippen molar-refractivity contribution in [2.45, 2.75) is 50.6 Å². The molecule has 194 valence electrons. The van der Waals surface area contributed by atoms with E-state index in [-0.39, 0.29) is 30.2 Å². The lowest BCUT2D eigenvalue weighted by Crippen LogP contribution is -2.37. The van der Waals surface area contributed by atoms with Gasteiger partial charge in [0.1, 0.15) is 12.1 Å². The van der Waals surface area contributed by atoms with Crippen molar-refractivity contribution >= 4 is 11.9 Å². The average Bonchev–Trinajstić information content (AvgIpc) is 3.75. The number of ether oxygens (including phenoxy) is 1. The molecule has 0 spiro atoms. The van der Waals surface area contributed by atoms with Gasteiger partial charge in [-0.2, -0.15) is 0 Å². The first kappa shape index (κ1) is 23.0. The number of carbonyl (C=O) groups excluding carboxylic acids is 1. The van der Waals surface area contributed by atoms with Gasteiger partial charge in [0.25, 0.3) is 5.89 Å². The summed E-state index contributed by atoms with van der Waals surface area (Å²) >= 11 is 0. The first-order valence-electron chi connectivity index (χ1n) is 13.0. The van der Waals surface area contributed by atoms with Crippen LogP contribution in [0, 0.1) is 0 Å². The second-order valence-corrected chi connectivity index (χ2v) is 10.1. The van der Waals surface area contributed by atoms with Crippen molar-refractivity contribution in [1.82, 2.24) is 40.5 Å². The summed E-state index contributed by atoms with van der Waals surface area (Å²) in [7, 11) is 0. The molecule has 3 aliphatic rings. The summed E-state index contributed by atoms with van der Waals surface area (Å²) in [5, 5.41) is 22.3. The highest BCUT2D eigenvalue weighted by atomic mass is 16.5. The summed E-state index contributed by atoms with van der Waals surface area (Å²) in [6.07, 6.45) is 7.03. The van der Waals surface area contributed by atoms with E-state index in [4.69, 9.17) is 9.15 Å². The van der Waals surface area contributed by atoms with E-state index in [9.17, 15) is 4.79 Å². The Hall–Kier alpha value is -4.19. The van der Waals surface area contributed by atoms with Gasteiger partial charge in [0, 0.05) is 43.9 Å². The van der Waals surface area contributed by atoms with Gasteiger partial charge in [0.05, 0.1) is 24.4 Å². The number of carbonyl (C=O) groups is 1. The van der Waals surface area contributed by atoms with Crippen molar-refractivity contribution in [2.24, 2.45) is 0 Å². The molecular formula is C26H27N9O3. The number of aromatic amines is 1. The number of benzene rings is 1. The normalized spacial score (nSPS) is 20.4. The third kappa shape index (κ3) is 4.51. The van der Waals surface area contributed by atoms with E-state index in [1.807, 2.05) is 0 Å². The van der Waals surface area contributed by atoms with Crippen molar-refractivity contribution in [3.63, 3.8) is 0 Å². The van der Waals surface area contributed by atoms with Gasteiger partial charge in [-0.05, 0) is 36.0 Å². The molecule has 2 aliphatic heterocycles. The van der Waals surface area contributed by atoms with Crippen LogP contribution in [0.5, 0.6) is 0 Å². The molecule has 3 aromatic heterocycles. The number of fused-ring (bicyclic) bond motifs is 2. The lowest BCUT2D eigenvalue weighted by atomic mass is 9.95. The lowest BCUT2D eigenvalue weighted by Gasteiger charge is -2.25. The van der Waals surface area contributed by atoms with Crippen molar-refractivity contribution in [3.8, 4) is 11.5 Å². The SMILES string of the molecule is O=C(Cc1nnc(-c2cnc(NC3Cc4ccc(C5CCOC5)cc4C3)nc2)o1)N1CCc2[nH]nnc2C1. The minimum Gasteiger partial charge on any atom is -0.420 e. The third-order valence-electron chi connectivity index (χ3n) is 7.59. The van der Waals surface area contributed by atoms with Crippen LogP contribution in [-0.2, 0) is 41.8 Å². The number of anilines is 1. The Morgan fingerprint density at radius 3 is 2.89 bits per heavy atom. The highest BCUT2D eigenvalue weighted by Gasteiger charge is 2.26. The molecule has 0 saturated carbocycles. The smallest absolute Gasteiger partial charge is 0.250 e. The van der Waals surface area contributed by atoms with Crippen molar-refractivity contribution in [1.29, 1.82) is 0 Å². The minimum absolute atomic E-state index is 0.0262. The van der Waals surface area contributed by atoms with Gasteiger partial charge in [-0.1, -0.05) is 23.4 Å². The van der Waals surface area contributed by atoms with Crippen LogP contribution in [0.4, 0.5) is 5.95 Å². The monoisotopic (exact) mass is 513 g/mol. The van der Waals surface area contributed by atoms with E-state index in [0.29, 0.717) is 36.9 Å². The summed E-state index contributed by atoms with van der Waals surface area (Å²) < 4.78 is 11.3. The highest BCUT2D eigenvalue weighted by Crippen LogP contribution is 2.31. The van der Waals surface area contributed by atoms with E-state index >= 15 is 0 Å². The first-order chi connectivity index (χ1) is 18.7. The molecule has 5 heterocycles. The summed E-state index contributed by atoms with van der Waals surface area (Å²) in [6.45, 7) is 2.70. The molecule has 1 aliphatic carbocycles. The van der Waals surface area contributed by atoms with E-state index in [1.165, 1.54) is 16.7 Å². The van der Waals surface area contributed by atoms with Gasteiger partial charge in [-0.15, -0.1) is 15.3 Å². The Morgan fingerprint density at radius 1 is 1.13 bits per heavy atom. The Labute approximate surface area is 218 Å². The lowest BCUT2D eigenvalue weighted by molar-refractivity contribution is -0.131. The van der Waals surface area contributed by atoms with Crippen LogP contribution in [0.15, 0.2) is 35.0 Å². The molecule has 2 unspecified atom stereocenters. The number of nitrogens with one attached hydrogen (secondary N) is 2. The molecule has 2 N–H and O–H groups in total. The molecule has 1 amide bonds. The molecule has 38 heavy (non-hydrogen) atoms. The van der Waals surface area contributed by atoms with Crippen molar-refractivity contribution in [3.05, 3.63) is 64.6 Å². The fraction of sp³-hybridized carbons (Fsp3) is 0.423. The zero-order valence-electron chi connectivity index (χ0n) is 20.8. The molecule has 0 bridgehead atoms. The van der Waals surface area contributed by atoms with Gasteiger partial charge in [-0.3, -0.25) is 9.89 Å². The molecule has 1 aromatic carbocycles. The van der Waals surface area contributed by atoms with Crippen LogP contribution >= 0.6 is 0 Å². The van der Waals surface area contributed by atoms with Gasteiger partial charge >= 0.3 is 0 Å². The van der Waals surface area contributed by atoms with E-state index in [2.05, 4.69) is 59.1 Å². The number of nitrogens with zero attached hydrogens (tertiary/aromatic N) is 7. The van der Waals surface area contributed by atoms with Gasteiger partial charge in [0.15, 0.2) is 0 Å². The van der Waals surface area contributed by atoms with Crippen LogP contribution in [0.25, 0.3) is 11.5 Å². The van der Waals surface area contributed by atoms with Crippen LogP contribution in [0.2, 0.25) is 0 Å². The van der Waals surface area contributed by atoms with E-state index in [1.54, 1.807) is 17.3 Å². The van der Waals surface area contributed by atoms with Gasteiger partial charge in [0.2, 0.25) is 17.7 Å². The second-order valence-electron chi connectivity index (χ2n) is 10.1. The predicted molar refractivity (Wildman–Crippen MR) is 134 cm³/mol. The summed E-state index contributed by atoms with van der Waals surface area (Å²) in [4.78, 5) is 23.4. The molecule has 2 atom stereocenters. The highest BCUT2D eigenvalue weighted by molar-refractivity contribution is 5.78. The Bertz CT molecular complexity index is 1460. The standard InChI is InChI=1S/C26H27N9O3/c36-24(35-5-3-21-22(13-35)31-34-30-21)10-23-32-33-25(38-23)19-11-27-26(28-12-19)29-20-8-16-2-1-15(7-18(16)9-20)17-4-6-37-14-17/h1-2,7,11-12,17,20H,3-6,8-10,13-14H2,(H,27,28,29)(H,30,31,34). The van der Waals surface area contributed by atoms with Crippen molar-refractivity contribution in [2.75, 3.05) is 25.1 Å². The van der Waals surface area contributed by atoms with Gasteiger partial charge < -0.3 is 19.4 Å². The second kappa shape index (κ2) is 9.60. The third-order valence-corrected chi connectivity index (χ3v) is 7.59. The zero-order chi connectivity index (χ0) is 25.5. The molecule has 1 fully saturated rings. The fourth-order valence-electron chi connectivity index (χ4n) is 5.49. The van der Waals surface area contributed by atoms with Crippen LogP contribution in [0.3, 0.4) is 0 Å². The zero-order valence-corrected chi connectivity index (χ0v) is 20.8. The molecule has 12 heteroatoms. The maximum absolute atomic E-state index is 12.7. The molecule has 12 nitrogen and oxygen atoms in total. The number of aromatic nitrogens is 7. The Kier molecular flexibility index (Phi) is 5.80. The number of hydrogen-bond donors (Lipinski definition) is 2. The van der Waals surface area contributed by atoms with Crippen LogP contribution in [-0.4, -0.2) is 72.2 Å². The summed E-state index contributed by atoms with van der Waals surface area (Å²) in [6, 6.07) is 7.09. The number of H-pyrrole nitrogens is 1. The van der Waals surface area contributed by atoms with Crippen molar-refractivity contribution < 1.29 is 13.9 Å². The average molecular weight is 514 g/mol. The molecular weight excluding hydrogens is 486 g/mol. The predicted octanol–water partition coefficient (Wildman–Crippen LogP) is 1.86. The molecule has 4 aromatic rings. The topological polar surface area (TPSA) is 148 Å². The van der Waals surface area contributed by atoms with Gasteiger partial charge in [-0.25, -0.2) is 9.97 Å². The number of rotatable bonds is 6. The minimum atomic E-state index is -0.0918. The maximum Gasteiger partial charge on any atom is 0.250 e. The summed E-state index contributed by atoms with van der Waals surface area (Å²) in [5.41, 5.74) is 6.53. The summed E-state index contributed by atoms with van der Waals surface area (Å²) in [5.74, 6) is 1.52. The first-order valence-corrected chi connectivity index (χ1v) is 13.0. The Balaban J connectivity index is 0.954. The van der Waals surface area contributed by atoms with Crippen LogP contribution in [0.1, 0.15) is 46.3 Å². The largest absolute Gasteiger partial charge is 0.420 e. The number of hydrogen-bond acceptors (Lipinski definition) is 10. The number of amides is 1. The fourth-order valence-corrected chi connectivity index (χ4v) is 5.49. The van der Waals surface area contributed by atoms with E-state index < -0.39 is 0 Å². The van der Waals surface area contributed by atoms with E-state index in [0.717, 1.165) is 43.9 Å². The molecule has 1 saturated heterocycles. The molecule has 0 radical (unpaired) electrons. The Morgan fingerprint density at radius 2 is 2.03 bits per heavy atom. The van der Waals surface area contributed by atoms with Crippen LogP contribution < -0.4 is 5.32 Å². The maximum atomic E-state index is 12.7.